The molecule has 0 fully saturated rings. The highest BCUT2D eigenvalue weighted by molar-refractivity contribution is 7.79. The minimum atomic E-state index is -1.91. The Hall–Kier alpha value is 0.110. The standard InChI is InChI=1S/C8H18O2S/c1-5-7(2)8(3,4)6-11(9)10/h7H,5-6H2,1-4H3,(H,9,10)/p-1. The van der Waals surface area contributed by atoms with Gasteiger partial charge in [-0.1, -0.05) is 45.2 Å². The van der Waals surface area contributed by atoms with Crippen LogP contribution in [-0.2, 0) is 11.1 Å². The van der Waals surface area contributed by atoms with E-state index in [1.54, 1.807) is 0 Å². The normalized spacial score (nSPS) is 17.9. The molecular weight excluding hydrogens is 160 g/mol. The third kappa shape index (κ3) is 3.87. The molecule has 0 heterocycles. The van der Waals surface area contributed by atoms with E-state index in [1.807, 2.05) is 13.8 Å². The average Bonchev–Trinajstić information content (AvgIpc) is 1.83. The highest BCUT2D eigenvalue weighted by Gasteiger charge is 2.24. The van der Waals surface area contributed by atoms with Gasteiger partial charge in [-0.3, -0.25) is 4.21 Å². The number of hydrogen-bond acceptors (Lipinski definition) is 2. The molecule has 0 aromatic heterocycles. The van der Waals surface area contributed by atoms with Crippen LogP contribution < -0.4 is 0 Å². The van der Waals surface area contributed by atoms with Crippen LogP contribution in [0.2, 0.25) is 0 Å². The van der Waals surface area contributed by atoms with E-state index in [9.17, 15) is 8.76 Å². The average molecular weight is 177 g/mol. The van der Waals surface area contributed by atoms with Gasteiger partial charge in [-0.25, -0.2) is 0 Å². The summed E-state index contributed by atoms with van der Waals surface area (Å²) < 4.78 is 20.9. The molecule has 0 saturated heterocycles. The monoisotopic (exact) mass is 177 g/mol. The van der Waals surface area contributed by atoms with Crippen molar-refractivity contribution in [3.05, 3.63) is 0 Å². The Morgan fingerprint density at radius 2 is 2.00 bits per heavy atom. The van der Waals surface area contributed by atoms with Crippen molar-refractivity contribution in [3.63, 3.8) is 0 Å². The van der Waals surface area contributed by atoms with Gasteiger partial charge in [0, 0.05) is 5.75 Å². The molecule has 0 N–H and O–H groups in total. The third-order valence-electron chi connectivity index (χ3n) is 2.44. The van der Waals surface area contributed by atoms with Crippen molar-refractivity contribution < 1.29 is 8.76 Å². The maximum atomic E-state index is 10.4. The van der Waals surface area contributed by atoms with E-state index in [0.717, 1.165) is 6.42 Å². The zero-order valence-electron chi connectivity index (χ0n) is 7.72. The van der Waals surface area contributed by atoms with Crippen LogP contribution in [0.15, 0.2) is 0 Å². The predicted octanol–water partition coefficient (Wildman–Crippen LogP) is 1.94. The van der Waals surface area contributed by atoms with Crippen LogP contribution >= 0.6 is 0 Å². The molecule has 0 spiro atoms. The quantitative estimate of drug-likeness (QED) is 0.616. The lowest BCUT2D eigenvalue weighted by Crippen LogP contribution is -2.27. The van der Waals surface area contributed by atoms with E-state index in [-0.39, 0.29) is 11.2 Å². The number of rotatable bonds is 4. The van der Waals surface area contributed by atoms with Crippen molar-refractivity contribution in [2.45, 2.75) is 34.1 Å². The van der Waals surface area contributed by atoms with Crippen molar-refractivity contribution in [1.29, 1.82) is 0 Å². The molecule has 0 aromatic carbocycles. The Labute approximate surface area is 71.7 Å². The van der Waals surface area contributed by atoms with Gasteiger partial charge in [-0.05, 0) is 11.3 Å². The maximum absolute atomic E-state index is 10.4. The predicted molar refractivity (Wildman–Crippen MR) is 47.0 cm³/mol. The first-order chi connectivity index (χ1) is 4.90. The maximum Gasteiger partial charge on any atom is 0.0155 e. The van der Waals surface area contributed by atoms with Gasteiger partial charge >= 0.3 is 0 Å². The number of hydrogen-bond donors (Lipinski definition) is 0. The minimum Gasteiger partial charge on any atom is -0.772 e. The van der Waals surface area contributed by atoms with Gasteiger partial charge in [0.1, 0.15) is 0 Å². The van der Waals surface area contributed by atoms with Crippen LogP contribution in [0.3, 0.4) is 0 Å². The molecule has 0 aromatic rings. The summed E-state index contributed by atoms with van der Waals surface area (Å²) in [5, 5.41) is 0. The van der Waals surface area contributed by atoms with Crippen LogP contribution in [-0.4, -0.2) is 14.5 Å². The van der Waals surface area contributed by atoms with E-state index in [4.69, 9.17) is 0 Å². The molecule has 68 valence electrons. The molecule has 0 rings (SSSR count). The largest absolute Gasteiger partial charge is 0.772 e. The second-order valence-electron chi connectivity index (χ2n) is 3.75. The van der Waals surface area contributed by atoms with Crippen LogP contribution in [0.4, 0.5) is 0 Å². The van der Waals surface area contributed by atoms with E-state index in [0.29, 0.717) is 5.92 Å². The van der Waals surface area contributed by atoms with Gasteiger partial charge in [-0.2, -0.15) is 0 Å². The first-order valence-electron chi connectivity index (χ1n) is 3.96. The van der Waals surface area contributed by atoms with Gasteiger partial charge in [0.15, 0.2) is 0 Å². The first kappa shape index (κ1) is 11.1. The summed E-state index contributed by atoms with van der Waals surface area (Å²) in [7, 11) is 0. The lowest BCUT2D eigenvalue weighted by molar-refractivity contribution is 0.256. The van der Waals surface area contributed by atoms with Crippen molar-refractivity contribution >= 4 is 11.1 Å². The molecule has 2 nitrogen and oxygen atoms in total. The summed E-state index contributed by atoms with van der Waals surface area (Å²) in [5.74, 6) is 0.725. The molecule has 0 bridgehead atoms. The first-order valence-corrected chi connectivity index (χ1v) is 5.20. The molecule has 0 saturated carbocycles. The van der Waals surface area contributed by atoms with Gasteiger partial charge in [-0.15, -0.1) is 0 Å². The molecule has 0 aliphatic heterocycles. The zero-order valence-corrected chi connectivity index (χ0v) is 8.53. The smallest absolute Gasteiger partial charge is 0.0155 e. The van der Waals surface area contributed by atoms with Crippen molar-refractivity contribution in [2.24, 2.45) is 11.3 Å². The highest BCUT2D eigenvalue weighted by atomic mass is 32.2. The van der Waals surface area contributed by atoms with E-state index < -0.39 is 11.1 Å². The van der Waals surface area contributed by atoms with Gasteiger partial charge < -0.3 is 4.55 Å². The van der Waals surface area contributed by atoms with E-state index >= 15 is 0 Å². The Kier molecular flexibility index (Phi) is 4.26. The summed E-state index contributed by atoms with van der Waals surface area (Å²) in [6.45, 7) is 8.17. The second kappa shape index (κ2) is 4.21. The molecule has 0 radical (unpaired) electrons. The fourth-order valence-corrected chi connectivity index (χ4v) is 1.89. The topological polar surface area (TPSA) is 40.1 Å². The van der Waals surface area contributed by atoms with Crippen LogP contribution in [0.25, 0.3) is 0 Å². The Balaban J connectivity index is 4.08. The Morgan fingerprint density at radius 1 is 1.55 bits per heavy atom. The van der Waals surface area contributed by atoms with Crippen molar-refractivity contribution in [1.82, 2.24) is 0 Å². The van der Waals surface area contributed by atoms with E-state index in [1.165, 1.54) is 0 Å². The summed E-state index contributed by atoms with van der Waals surface area (Å²) in [6.07, 6.45) is 1.03. The zero-order chi connectivity index (χ0) is 9.07. The molecule has 0 amide bonds. The summed E-state index contributed by atoms with van der Waals surface area (Å²) >= 11 is -1.91. The third-order valence-corrected chi connectivity index (χ3v) is 3.42. The van der Waals surface area contributed by atoms with E-state index in [2.05, 4.69) is 13.8 Å². The minimum absolute atomic E-state index is 0.0820. The SMILES string of the molecule is CCC(C)C(C)(C)CS(=O)[O-]. The molecule has 2 unspecified atom stereocenters. The molecule has 3 heteroatoms. The van der Waals surface area contributed by atoms with Crippen LogP contribution in [0, 0.1) is 11.3 Å². The Morgan fingerprint density at radius 3 is 2.27 bits per heavy atom. The molecular formula is C8H17O2S-. The van der Waals surface area contributed by atoms with Gasteiger partial charge in [0.25, 0.3) is 0 Å². The fourth-order valence-electron chi connectivity index (χ4n) is 0.999. The lowest BCUT2D eigenvalue weighted by Gasteiger charge is -2.31. The van der Waals surface area contributed by atoms with Crippen molar-refractivity contribution in [3.8, 4) is 0 Å². The lowest BCUT2D eigenvalue weighted by atomic mass is 9.80. The summed E-state index contributed by atoms with van der Waals surface area (Å²) in [5.41, 5.74) is -0.0820. The molecule has 11 heavy (non-hydrogen) atoms. The summed E-state index contributed by atoms with van der Waals surface area (Å²) in [6, 6.07) is 0. The fraction of sp³-hybridized carbons (Fsp3) is 1.00. The second-order valence-corrected chi connectivity index (χ2v) is 4.64. The van der Waals surface area contributed by atoms with Gasteiger partial charge in [0.05, 0.1) is 0 Å². The van der Waals surface area contributed by atoms with Crippen LogP contribution in [0.5, 0.6) is 0 Å². The summed E-state index contributed by atoms with van der Waals surface area (Å²) in [4.78, 5) is 0. The van der Waals surface area contributed by atoms with Crippen molar-refractivity contribution in [2.75, 3.05) is 5.75 Å². The van der Waals surface area contributed by atoms with Gasteiger partial charge in [0.2, 0.25) is 0 Å². The van der Waals surface area contributed by atoms with Crippen LogP contribution in [0.1, 0.15) is 34.1 Å². The molecule has 0 aliphatic rings. The molecule has 0 aliphatic carbocycles. The highest BCUT2D eigenvalue weighted by Crippen LogP contribution is 2.29. The Bertz CT molecular complexity index is 143. The molecule has 2 atom stereocenters.